The lowest BCUT2D eigenvalue weighted by Gasteiger charge is -2.37. The van der Waals surface area contributed by atoms with Crippen LogP contribution in [0.15, 0.2) is 24.3 Å². The number of unbranched alkanes of at least 4 members (excludes halogenated alkanes) is 2. The van der Waals surface area contributed by atoms with Gasteiger partial charge in [0.05, 0.1) is 35.8 Å². The summed E-state index contributed by atoms with van der Waals surface area (Å²) in [4.78, 5) is 43.7. The zero-order valence-electron chi connectivity index (χ0n) is 24.0. The van der Waals surface area contributed by atoms with Gasteiger partial charge >= 0.3 is 0 Å². The Morgan fingerprint density at radius 3 is 2.49 bits per heavy atom. The lowest BCUT2D eigenvalue weighted by atomic mass is 9.66. The Bertz CT molecular complexity index is 1050. The third-order valence-electron chi connectivity index (χ3n) is 8.61. The van der Waals surface area contributed by atoms with Crippen LogP contribution >= 0.6 is 11.8 Å². The lowest BCUT2D eigenvalue weighted by Crippen LogP contribution is -2.56. The van der Waals surface area contributed by atoms with Crippen LogP contribution in [0, 0.1) is 17.8 Å². The van der Waals surface area contributed by atoms with E-state index in [1.165, 1.54) is 0 Å². The quantitative estimate of drug-likeness (QED) is 0.313. The number of hydrogen-bond donors (Lipinski definition) is 3. The van der Waals surface area contributed by atoms with E-state index in [1.807, 2.05) is 19.1 Å². The minimum Gasteiger partial charge on any atom is -0.494 e. The second-order valence-electron chi connectivity index (χ2n) is 11.9. The highest BCUT2D eigenvalue weighted by Crippen LogP contribution is 2.71. The Kier molecular flexibility index (Phi) is 9.21. The molecular formula is C30H45N3O5S. The van der Waals surface area contributed by atoms with Crippen molar-refractivity contribution in [2.75, 3.05) is 25.1 Å². The van der Waals surface area contributed by atoms with E-state index in [-0.39, 0.29) is 30.2 Å². The summed E-state index contributed by atoms with van der Waals surface area (Å²) >= 11 is 1.66. The minimum atomic E-state index is -0.706. The maximum atomic E-state index is 14.3. The molecule has 4 rings (SSSR count). The molecule has 8 nitrogen and oxygen atoms in total. The fraction of sp³-hybridized carbons (Fsp3) is 0.700. The molecule has 216 valence electrons. The number of aliphatic hydroxyl groups is 1. The zero-order chi connectivity index (χ0) is 28.4. The van der Waals surface area contributed by atoms with Crippen molar-refractivity contribution < 1.29 is 24.2 Å². The highest BCUT2D eigenvalue weighted by molar-refractivity contribution is 8.02. The second-order valence-corrected chi connectivity index (χ2v) is 13.8. The van der Waals surface area contributed by atoms with Crippen molar-refractivity contribution >= 4 is 35.2 Å². The molecule has 6 atom stereocenters. The van der Waals surface area contributed by atoms with Crippen LogP contribution in [0.1, 0.15) is 73.1 Å². The largest absolute Gasteiger partial charge is 0.494 e. The van der Waals surface area contributed by atoms with E-state index in [4.69, 9.17) is 4.74 Å². The average Bonchev–Trinajstić information content (AvgIpc) is 3.47. The van der Waals surface area contributed by atoms with Crippen LogP contribution in [0.5, 0.6) is 5.75 Å². The van der Waals surface area contributed by atoms with Gasteiger partial charge in [-0.1, -0.05) is 33.6 Å². The van der Waals surface area contributed by atoms with Gasteiger partial charge in [-0.05, 0) is 69.7 Å². The van der Waals surface area contributed by atoms with Gasteiger partial charge in [-0.2, -0.15) is 0 Å². The molecule has 3 aliphatic rings. The van der Waals surface area contributed by atoms with Gasteiger partial charge in [0.15, 0.2) is 0 Å². The molecular weight excluding hydrogens is 514 g/mol. The van der Waals surface area contributed by atoms with Gasteiger partial charge in [0.25, 0.3) is 0 Å². The molecule has 3 fully saturated rings. The number of anilines is 1. The molecule has 3 saturated heterocycles. The van der Waals surface area contributed by atoms with Crippen LogP contribution in [0.4, 0.5) is 5.69 Å². The number of carbonyl (C=O) groups excluding carboxylic acids is 3. The minimum absolute atomic E-state index is 0.159. The second kappa shape index (κ2) is 12.1. The monoisotopic (exact) mass is 559 g/mol. The number of carbonyl (C=O) groups is 3. The molecule has 1 aromatic carbocycles. The molecule has 2 bridgehead atoms. The summed E-state index contributed by atoms with van der Waals surface area (Å²) in [7, 11) is 0. The SMILES string of the molecule is CCCCCNC(=O)C1N([C@@H](CO)CC(C)C)C(=O)[C@@H]2[C@H](C(=O)Nc3ccc(OCC)cc3)[C@]3(C)CCC12S3. The van der Waals surface area contributed by atoms with E-state index in [2.05, 4.69) is 38.3 Å². The molecule has 0 radical (unpaired) electrons. The maximum absolute atomic E-state index is 14.3. The number of benzene rings is 1. The van der Waals surface area contributed by atoms with E-state index in [1.54, 1.807) is 28.8 Å². The summed E-state index contributed by atoms with van der Waals surface area (Å²) < 4.78 is 4.38. The first-order chi connectivity index (χ1) is 18.6. The van der Waals surface area contributed by atoms with Gasteiger partial charge in [0, 0.05) is 17.0 Å². The summed E-state index contributed by atoms with van der Waals surface area (Å²) in [6.45, 7) is 11.1. The van der Waals surface area contributed by atoms with E-state index in [9.17, 15) is 19.5 Å². The first-order valence-electron chi connectivity index (χ1n) is 14.6. The van der Waals surface area contributed by atoms with Crippen LogP contribution in [0.25, 0.3) is 0 Å². The summed E-state index contributed by atoms with van der Waals surface area (Å²) in [6, 6.07) is 6.07. The van der Waals surface area contributed by atoms with Gasteiger partial charge in [-0.3, -0.25) is 14.4 Å². The summed E-state index contributed by atoms with van der Waals surface area (Å²) in [5.74, 6) is -0.749. The number of ether oxygens (including phenoxy) is 1. The number of rotatable bonds is 13. The third-order valence-corrected chi connectivity index (χ3v) is 10.6. The van der Waals surface area contributed by atoms with Gasteiger partial charge in [0.2, 0.25) is 17.7 Å². The molecule has 2 unspecified atom stereocenters. The Morgan fingerprint density at radius 2 is 1.87 bits per heavy atom. The molecule has 3 aliphatic heterocycles. The molecule has 0 aliphatic carbocycles. The number of aliphatic hydroxyl groups excluding tert-OH is 1. The fourth-order valence-electron chi connectivity index (χ4n) is 6.98. The zero-order valence-corrected chi connectivity index (χ0v) is 24.8. The van der Waals surface area contributed by atoms with Gasteiger partial charge in [0.1, 0.15) is 11.8 Å². The van der Waals surface area contributed by atoms with Crippen LogP contribution in [0.2, 0.25) is 0 Å². The number of likely N-dealkylation sites (tertiary alicyclic amines) is 1. The Hall–Kier alpha value is -2.26. The molecule has 0 aromatic heterocycles. The normalized spacial score (nSPS) is 30.0. The number of fused-ring (bicyclic) bond motifs is 1. The predicted octanol–water partition coefficient (Wildman–Crippen LogP) is 4.22. The number of amides is 3. The van der Waals surface area contributed by atoms with Crippen LogP contribution in [-0.4, -0.2) is 69.1 Å². The summed E-state index contributed by atoms with van der Waals surface area (Å²) in [5, 5.41) is 16.5. The van der Waals surface area contributed by atoms with Gasteiger partial charge in [-0.25, -0.2) is 0 Å². The smallest absolute Gasteiger partial charge is 0.244 e. The van der Waals surface area contributed by atoms with E-state index in [0.29, 0.717) is 31.7 Å². The van der Waals surface area contributed by atoms with Crippen LogP contribution < -0.4 is 15.4 Å². The highest BCUT2D eigenvalue weighted by Gasteiger charge is 2.77. The third kappa shape index (κ3) is 5.53. The first-order valence-corrected chi connectivity index (χ1v) is 15.4. The summed E-state index contributed by atoms with van der Waals surface area (Å²) in [6.07, 6.45) is 5.00. The van der Waals surface area contributed by atoms with Crippen molar-refractivity contribution in [3.05, 3.63) is 24.3 Å². The number of hydrogen-bond acceptors (Lipinski definition) is 6. The Morgan fingerprint density at radius 1 is 1.15 bits per heavy atom. The predicted molar refractivity (Wildman–Crippen MR) is 155 cm³/mol. The maximum Gasteiger partial charge on any atom is 0.244 e. The molecule has 1 spiro atoms. The first kappa shape index (κ1) is 29.7. The number of nitrogens with one attached hydrogen (secondary N) is 2. The topological polar surface area (TPSA) is 108 Å². The molecule has 1 aromatic rings. The van der Waals surface area contributed by atoms with E-state index < -0.39 is 33.4 Å². The molecule has 9 heteroatoms. The standard InChI is InChI=1S/C30H45N3O5S/c1-6-8-9-16-31-27(36)25-30-15-14-29(5,39-30)23(24(30)28(37)33(25)21(18-34)17-19(3)4)26(35)32-20-10-12-22(13-11-20)38-7-2/h10-13,19,21,23-25,34H,6-9,14-18H2,1-5H3,(H,31,36)(H,32,35)/t21-,23-,24+,25?,29+,30?/m1/s1. The van der Waals surface area contributed by atoms with E-state index in [0.717, 1.165) is 31.4 Å². The van der Waals surface area contributed by atoms with Gasteiger partial charge in [-0.15, -0.1) is 11.8 Å². The van der Waals surface area contributed by atoms with Crippen molar-refractivity contribution in [2.45, 2.75) is 94.7 Å². The van der Waals surface area contributed by atoms with Crippen molar-refractivity contribution in [3.63, 3.8) is 0 Å². The molecule has 0 saturated carbocycles. The fourth-order valence-corrected chi connectivity index (χ4v) is 9.32. The van der Waals surface area contributed by atoms with Crippen molar-refractivity contribution in [1.29, 1.82) is 0 Å². The van der Waals surface area contributed by atoms with Gasteiger partial charge < -0.3 is 25.4 Å². The van der Waals surface area contributed by atoms with Crippen LogP contribution in [0.3, 0.4) is 0 Å². The van der Waals surface area contributed by atoms with Crippen LogP contribution in [-0.2, 0) is 14.4 Å². The Balaban J connectivity index is 1.65. The number of nitrogens with zero attached hydrogens (tertiary/aromatic N) is 1. The number of thioether (sulfide) groups is 1. The average molecular weight is 560 g/mol. The molecule has 3 amide bonds. The summed E-state index contributed by atoms with van der Waals surface area (Å²) in [5.41, 5.74) is 0.648. The van der Waals surface area contributed by atoms with E-state index >= 15 is 0 Å². The highest BCUT2D eigenvalue weighted by atomic mass is 32.2. The molecule has 3 N–H and O–H groups in total. The molecule has 3 heterocycles. The Labute approximate surface area is 237 Å². The van der Waals surface area contributed by atoms with Crippen molar-refractivity contribution in [2.24, 2.45) is 17.8 Å². The van der Waals surface area contributed by atoms with Crippen molar-refractivity contribution in [1.82, 2.24) is 10.2 Å². The molecule has 39 heavy (non-hydrogen) atoms. The lowest BCUT2D eigenvalue weighted by molar-refractivity contribution is -0.142. The van der Waals surface area contributed by atoms with Crippen molar-refractivity contribution in [3.8, 4) is 5.75 Å².